The van der Waals surface area contributed by atoms with Crippen LogP contribution in [-0.4, -0.2) is 26.4 Å². The number of nitrogens with zero attached hydrogens (tertiary/aromatic N) is 3. The molecule has 1 aliphatic heterocycles. The molecule has 0 amide bonds. The SMILES string of the molecule is O=c1[nH]c(-c2ccc(C(F)(F)F)cc2)nc2c1CN(Cc1ccc(F)nc1)CC2. The highest BCUT2D eigenvalue weighted by molar-refractivity contribution is 5.56. The minimum atomic E-state index is -4.42. The molecule has 1 N–H and O–H groups in total. The first-order valence-corrected chi connectivity index (χ1v) is 8.92. The van der Waals surface area contributed by atoms with Crippen LogP contribution >= 0.6 is 0 Å². The standard InChI is InChI=1S/C20H16F4N4O/c21-17-6-1-12(9-25-17)10-28-8-7-16-15(11-28)19(29)27-18(26-16)13-2-4-14(5-3-13)20(22,23)24/h1-6,9H,7-8,10-11H2,(H,26,27,29). The lowest BCUT2D eigenvalue weighted by Gasteiger charge is -2.27. The molecule has 0 saturated carbocycles. The maximum absolute atomic E-state index is 12.9. The molecule has 29 heavy (non-hydrogen) atoms. The van der Waals surface area contributed by atoms with Crippen LogP contribution in [0.3, 0.4) is 0 Å². The van der Waals surface area contributed by atoms with Crippen LogP contribution in [0.1, 0.15) is 22.4 Å². The normalized spacial score (nSPS) is 14.6. The van der Waals surface area contributed by atoms with Crippen LogP contribution in [0.15, 0.2) is 47.4 Å². The summed E-state index contributed by atoms with van der Waals surface area (Å²) < 4.78 is 51.1. The summed E-state index contributed by atoms with van der Waals surface area (Å²) in [6, 6.07) is 7.46. The molecule has 3 heterocycles. The lowest BCUT2D eigenvalue weighted by molar-refractivity contribution is -0.137. The van der Waals surface area contributed by atoms with Gasteiger partial charge in [-0.25, -0.2) is 9.97 Å². The van der Waals surface area contributed by atoms with Gasteiger partial charge in [0.1, 0.15) is 5.82 Å². The van der Waals surface area contributed by atoms with Crippen molar-refractivity contribution >= 4 is 0 Å². The summed E-state index contributed by atoms with van der Waals surface area (Å²) >= 11 is 0. The minimum Gasteiger partial charge on any atom is -0.306 e. The molecule has 0 aliphatic carbocycles. The van der Waals surface area contributed by atoms with Crippen LogP contribution in [0, 0.1) is 5.95 Å². The van der Waals surface area contributed by atoms with Gasteiger partial charge in [-0.1, -0.05) is 18.2 Å². The molecule has 0 unspecified atom stereocenters. The van der Waals surface area contributed by atoms with E-state index >= 15 is 0 Å². The van der Waals surface area contributed by atoms with Gasteiger partial charge in [0.15, 0.2) is 0 Å². The number of hydrogen-bond donors (Lipinski definition) is 1. The fourth-order valence-corrected chi connectivity index (χ4v) is 3.33. The Bertz CT molecular complexity index is 1080. The quantitative estimate of drug-likeness (QED) is 0.536. The molecule has 3 aromatic rings. The Balaban J connectivity index is 1.55. The van der Waals surface area contributed by atoms with E-state index < -0.39 is 17.7 Å². The van der Waals surface area contributed by atoms with Gasteiger partial charge in [0.2, 0.25) is 5.95 Å². The summed E-state index contributed by atoms with van der Waals surface area (Å²) in [5, 5.41) is 0. The number of aromatic nitrogens is 3. The maximum Gasteiger partial charge on any atom is 0.416 e. The van der Waals surface area contributed by atoms with Gasteiger partial charge < -0.3 is 4.98 Å². The van der Waals surface area contributed by atoms with E-state index in [2.05, 4.69) is 15.0 Å². The van der Waals surface area contributed by atoms with E-state index in [-0.39, 0.29) is 11.4 Å². The van der Waals surface area contributed by atoms with Crippen LogP contribution in [-0.2, 0) is 25.7 Å². The lowest BCUT2D eigenvalue weighted by atomic mass is 10.1. The van der Waals surface area contributed by atoms with Gasteiger partial charge in [-0.05, 0) is 23.8 Å². The number of hydrogen-bond acceptors (Lipinski definition) is 4. The second kappa shape index (κ2) is 7.40. The smallest absolute Gasteiger partial charge is 0.306 e. The van der Waals surface area contributed by atoms with Crippen molar-refractivity contribution < 1.29 is 17.6 Å². The van der Waals surface area contributed by atoms with Crippen molar-refractivity contribution in [3.63, 3.8) is 0 Å². The zero-order valence-electron chi connectivity index (χ0n) is 15.1. The number of benzene rings is 1. The molecule has 0 fully saturated rings. The average Bonchev–Trinajstić information content (AvgIpc) is 2.69. The number of halogens is 4. The predicted molar refractivity (Wildman–Crippen MR) is 97.3 cm³/mol. The van der Waals surface area contributed by atoms with Gasteiger partial charge in [-0.15, -0.1) is 0 Å². The highest BCUT2D eigenvalue weighted by Crippen LogP contribution is 2.30. The molecule has 0 saturated heterocycles. The fraction of sp³-hybridized carbons (Fsp3) is 0.250. The lowest BCUT2D eigenvalue weighted by Crippen LogP contribution is -2.35. The molecule has 0 spiro atoms. The third-order valence-corrected chi connectivity index (χ3v) is 4.83. The van der Waals surface area contributed by atoms with Crippen molar-refractivity contribution in [3.05, 3.63) is 81.3 Å². The van der Waals surface area contributed by atoms with Gasteiger partial charge in [0.05, 0.1) is 16.8 Å². The predicted octanol–water partition coefficient (Wildman–Crippen LogP) is 3.55. The molecule has 0 bridgehead atoms. The van der Waals surface area contributed by atoms with Gasteiger partial charge in [0.25, 0.3) is 5.56 Å². The Morgan fingerprint density at radius 3 is 2.52 bits per heavy atom. The van der Waals surface area contributed by atoms with Crippen LogP contribution < -0.4 is 5.56 Å². The van der Waals surface area contributed by atoms with Gasteiger partial charge in [0, 0.05) is 37.8 Å². The van der Waals surface area contributed by atoms with E-state index in [9.17, 15) is 22.4 Å². The van der Waals surface area contributed by atoms with E-state index in [1.54, 1.807) is 6.07 Å². The first-order valence-electron chi connectivity index (χ1n) is 8.92. The summed E-state index contributed by atoms with van der Waals surface area (Å²) in [7, 11) is 0. The summed E-state index contributed by atoms with van der Waals surface area (Å²) in [5.74, 6) is -0.298. The second-order valence-corrected chi connectivity index (χ2v) is 6.86. The first kappa shape index (κ1) is 19.3. The van der Waals surface area contributed by atoms with Crippen LogP contribution in [0.5, 0.6) is 0 Å². The van der Waals surface area contributed by atoms with Crippen molar-refractivity contribution in [3.8, 4) is 11.4 Å². The van der Waals surface area contributed by atoms with Crippen LogP contribution in [0.25, 0.3) is 11.4 Å². The van der Waals surface area contributed by atoms with Crippen molar-refractivity contribution in [2.45, 2.75) is 25.7 Å². The Labute approximate surface area is 163 Å². The van der Waals surface area contributed by atoms with Crippen molar-refractivity contribution in [2.75, 3.05) is 6.54 Å². The molecule has 0 radical (unpaired) electrons. The molecule has 9 heteroatoms. The zero-order chi connectivity index (χ0) is 20.6. The minimum absolute atomic E-state index is 0.249. The summed E-state index contributed by atoms with van der Waals surface area (Å²) in [5.41, 5.74) is 1.34. The zero-order valence-corrected chi connectivity index (χ0v) is 15.1. The van der Waals surface area contributed by atoms with E-state index in [4.69, 9.17) is 0 Å². The Morgan fingerprint density at radius 1 is 1.10 bits per heavy atom. The molecule has 2 aromatic heterocycles. The highest BCUT2D eigenvalue weighted by atomic mass is 19.4. The maximum atomic E-state index is 12.9. The summed E-state index contributed by atoms with van der Waals surface area (Å²) in [4.78, 5) is 25.4. The summed E-state index contributed by atoms with van der Waals surface area (Å²) in [6.07, 6.45) is -2.43. The average molecular weight is 404 g/mol. The van der Waals surface area contributed by atoms with Crippen molar-refractivity contribution in [2.24, 2.45) is 0 Å². The van der Waals surface area contributed by atoms with E-state index in [1.807, 2.05) is 4.90 Å². The molecule has 1 aliphatic rings. The first-order chi connectivity index (χ1) is 13.8. The van der Waals surface area contributed by atoms with Crippen LogP contribution in [0.2, 0.25) is 0 Å². The van der Waals surface area contributed by atoms with E-state index in [0.29, 0.717) is 42.9 Å². The second-order valence-electron chi connectivity index (χ2n) is 6.86. The van der Waals surface area contributed by atoms with E-state index in [0.717, 1.165) is 17.7 Å². The van der Waals surface area contributed by atoms with Crippen molar-refractivity contribution in [1.82, 2.24) is 19.9 Å². The van der Waals surface area contributed by atoms with Crippen LogP contribution in [0.4, 0.5) is 17.6 Å². The molecule has 1 aromatic carbocycles. The number of nitrogens with one attached hydrogen (secondary N) is 1. The monoisotopic (exact) mass is 404 g/mol. The molecule has 0 atom stereocenters. The molecular formula is C20H16F4N4O. The van der Waals surface area contributed by atoms with Gasteiger partial charge in [-0.3, -0.25) is 9.69 Å². The topological polar surface area (TPSA) is 61.9 Å². The van der Waals surface area contributed by atoms with E-state index in [1.165, 1.54) is 24.4 Å². The fourth-order valence-electron chi connectivity index (χ4n) is 3.33. The Kier molecular flexibility index (Phi) is 4.91. The number of aromatic amines is 1. The molecule has 150 valence electrons. The molecule has 5 nitrogen and oxygen atoms in total. The highest BCUT2D eigenvalue weighted by Gasteiger charge is 2.30. The number of pyridine rings is 1. The van der Waals surface area contributed by atoms with Crippen molar-refractivity contribution in [1.29, 1.82) is 0 Å². The third kappa shape index (κ3) is 4.19. The third-order valence-electron chi connectivity index (χ3n) is 4.83. The van der Waals surface area contributed by atoms with Gasteiger partial charge in [-0.2, -0.15) is 17.6 Å². The Hall–Kier alpha value is -3.07. The van der Waals surface area contributed by atoms with Gasteiger partial charge >= 0.3 is 6.18 Å². The Morgan fingerprint density at radius 2 is 1.86 bits per heavy atom. The largest absolute Gasteiger partial charge is 0.416 e. The number of alkyl halides is 3. The number of fused-ring (bicyclic) bond motifs is 1. The molecule has 4 rings (SSSR count). The molecular weight excluding hydrogens is 388 g/mol. The summed E-state index contributed by atoms with van der Waals surface area (Å²) in [6.45, 7) is 1.54. The number of H-pyrrole nitrogens is 1. The number of rotatable bonds is 3.